The maximum atomic E-state index is 5.41. The molecule has 0 spiro atoms. The van der Waals surface area contributed by atoms with Crippen molar-refractivity contribution in [2.45, 2.75) is 27.2 Å². The Kier molecular flexibility index (Phi) is 4.79. The lowest BCUT2D eigenvalue weighted by atomic mass is 10.1. The van der Waals surface area contributed by atoms with Crippen LogP contribution in [0.2, 0.25) is 0 Å². The Bertz CT molecular complexity index is 371. The van der Waals surface area contributed by atoms with Gasteiger partial charge in [0.15, 0.2) is 0 Å². The third-order valence-corrected chi connectivity index (χ3v) is 2.28. The highest BCUT2D eigenvalue weighted by Gasteiger charge is 2.01. The van der Waals surface area contributed by atoms with E-state index in [4.69, 9.17) is 5.84 Å². The van der Waals surface area contributed by atoms with Crippen molar-refractivity contribution in [1.82, 2.24) is 5.43 Å². The summed E-state index contributed by atoms with van der Waals surface area (Å²) >= 11 is 0. The molecule has 0 aliphatic rings. The fourth-order valence-corrected chi connectivity index (χ4v) is 1.34. The van der Waals surface area contributed by atoms with E-state index in [0.717, 1.165) is 18.7 Å². The number of anilines is 1. The molecule has 4 heteroatoms. The molecule has 0 aromatic heterocycles. The van der Waals surface area contributed by atoms with Crippen LogP contribution in [0.4, 0.5) is 5.69 Å². The molecule has 0 bridgehead atoms. The second-order valence-corrected chi connectivity index (χ2v) is 3.82. The molecule has 1 rings (SSSR count). The van der Waals surface area contributed by atoms with Crippen molar-refractivity contribution >= 4 is 11.6 Å². The van der Waals surface area contributed by atoms with Crippen LogP contribution in [0.5, 0.6) is 0 Å². The summed E-state index contributed by atoms with van der Waals surface area (Å²) in [5, 5.41) is 3.19. The number of guanidine groups is 1. The maximum absolute atomic E-state index is 5.41. The number of nitrogens with one attached hydrogen (secondary N) is 2. The minimum Gasteiger partial charge on any atom is -0.325 e. The standard InChI is InChI=1S/C12H20N4/c1-4-7-14-12(16-13)15-11-8-9(2)5-6-10(11)3/h5-6,8H,4,7,13H2,1-3H3,(H2,14,15,16). The van der Waals surface area contributed by atoms with E-state index in [0.29, 0.717) is 5.96 Å². The topological polar surface area (TPSA) is 62.4 Å². The van der Waals surface area contributed by atoms with Gasteiger partial charge in [0.1, 0.15) is 0 Å². The van der Waals surface area contributed by atoms with E-state index in [-0.39, 0.29) is 0 Å². The van der Waals surface area contributed by atoms with Gasteiger partial charge < -0.3 is 5.32 Å². The van der Waals surface area contributed by atoms with Crippen molar-refractivity contribution in [1.29, 1.82) is 0 Å². The molecule has 0 fully saturated rings. The Morgan fingerprint density at radius 3 is 2.75 bits per heavy atom. The highest BCUT2D eigenvalue weighted by Crippen LogP contribution is 2.15. The summed E-state index contributed by atoms with van der Waals surface area (Å²) < 4.78 is 0. The van der Waals surface area contributed by atoms with Gasteiger partial charge in [0.25, 0.3) is 0 Å². The van der Waals surface area contributed by atoms with Gasteiger partial charge >= 0.3 is 0 Å². The predicted molar refractivity (Wildman–Crippen MR) is 69.5 cm³/mol. The van der Waals surface area contributed by atoms with E-state index in [1.807, 2.05) is 0 Å². The van der Waals surface area contributed by atoms with Crippen LogP contribution in [0.25, 0.3) is 0 Å². The number of benzene rings is 1. The van der Waals surface area contributed by atoms with Gasteiger partial charge in [-0.3, -0.25) is 10.4 Å². The van der Waals surface area contributed by atoms with E-state index in [9.17, 15) is 0 Å². The van der Waals surface area contributed by atoms with Crippen LogP contribution in [-0.2, 0) is 0 Å². The average molecular weight is 220 g/mol. The zero-order valence-electron chi connectivity index (χ0n) is 10.2. The van der Waals surface area contributed by atoms with E-state index >= 15 is 0 Å². The van der Waals surface area contributed by atoms with Crippen LogP contribution in [0.15, 0.2) is 23.2 Å². The van der Waals surface area contributed by atoms with Gasteiger partial charge in [-0.2, -0.15) is 0 Å². The number of aryl methyl sites for hydroxylation is 2. The summed E-state index contributed by atoms with van der Waals surface area (Å²) in [7, 11) is 0. The highest BCUT2D eigenvalue weighted by atomic mass is 15.3. The third-order valence-electron chi connectivity index (χ3n) is 2.28. The number of nitrogens with two attached hydrogens (primary N) is 1. The lowest BCUT2D eigenvalue weighted by Gasteiger charge is -2.12. The van der Waals surface area contributed by atoms with Crippen LogP contribution >= 0.6 is 0 Å². The smallest absolute Gasteiger partial charge is 0.210 e. The first-order valence-corrected chi connectivity index (χ1v) is 5.52. The Hall–Kier alpha value is -1.55. The molecule has 1 aromatic carbocycles. The van der Waals surface area contributed by atoms with Crippen LogP contribution < -0.4 is 16.6 Å². The molecule has 0 radical (unpaired) electrons. The number of hydrazine groups is 1. The van der Waals surface area contributed by atoms with Gasteiger partial charge in [0.05, 0.1) is 0 Å². The molecule has 0 unspecified atom stereocenters. The summed E-state index contributed by atoms with van der Waals surface area (Å²) in [5.41, 5.74) is 5.99. The molecule has 1 aromatic rings. The normalized spacial score (nSPS) is 11.4. The fourth-order valence-electron chi connectivity index (χ4n) is 1.34. The third kappa shape index (κ3) is 3.55. The Morgan fingerprint density at radius 2 is 2.12 bits per heavy atom. The molecule has 4 nitrogen and oxygen atoms in total. The second kappa shape index (κ2) is 6.12. The van der Waals surface area contributed by atoms with Crippen molar-refractivity contribution in [2.24, 2.45) is 10.8 Å². The Balaban J connectivity index is 2.81. The fraction of sp³-hybridized carbons (Fsp3) is 0.417. The predicted octanol–water partition coefficient (Wildman–Crippen LogP) is 1.94. The monoisotopic (exact) mass is 220 g/mol. The molecule has 0 aliphatic heterocycles. The SMILES string of the molecule is CCCN=C(NN)Nc1cc(C)ccc1C. The number of rotatable bonds is 3. The minimum atomic E-state index is 0.607. The van der Waals surface area contributed by atoms with E-state index < -0.39 is 0 Å². The molecule has 0 saturated heterocycles. The molecule has 0 atom stereocenters. The lowest BCUT2D eigenvalue weighted by Crippen LogP contribution is -2.36. The number of nitrogens with zero attached hydrogens (tertiary/aromatic N) is 1. The molecule has 16 heavy (non-hydrogen) atoms. The van der Waals surface area contributed by atoms with Gasteiger partial charge in [-0.25, -0.2) is 5.84 Å². The molecular formula is C12H20N4. The molecular weight excluding hydrogens is 200 g/mol. The molecule has 0 heterocycles. The van der Waals surface area contributed by atoms with Crippen LogP contribution in [0.1, 0.15) is 24.5 Å². The summed E-state index contributed by atoms with van der Waals surface area (Å²) in [6.07, 6.45) is 1.000. The van der Waals surface area contributed by atoms with E-state index in [1.165, 1.54) is 11.1 Å². The minimum absolute atomic E-state index is 0.607. The quantitative estimate of drug-likeness (QED) is 0.316. The number of aliphatic imine (C=N–C) groups is 1. The van der Waals surface area contributed by atoms with Gasteiger partial charge in [0.2, 0.25) is 5.96 Å². The van der Waals surface area contributed by atoms with E-state index in [1.54, 1.807) is 0 Å². The first kappa shape index (κ1) is 12.5. The summed E-state index contributed by atoms with van der Waals surface area (Å²) in [5.74, 6) is 6.01. The molecule has 88 valence electrons. The highest BCUT2D eigenvalue weighted by molar-refractivity contribution is 5.93. The second-order valence-electron chi connectivity index (χ2n) is 3.82. The largest absolute Gasteiger partial charge is 0.325 e. The van der Waals surface area contributed by atoms with Gasteiger partial charge in [-0.1, -0.05) is 19.1 Å². The number of hydrogen-bond acceptors (Lipinski definition) is 2. The van der Waals surface area contributed by atoms with E-state index in [2.05, 4.69) is 54.7 Å². The van der Waals surface area contributed by atoms with Crippen LogP contribution in [0, 0.1) is 13.8 Å². The van der Waals surface area contributed by atoms with Crippen molar-refractivity contribution in [3.05, 3.63) is 29.3 Å². The molecule has 0 amide bonds. The van der Waals surface area contributed by atoms with Gasteiger partial charge in [-0.05, 0) is 37.5 Å². The summed E-state index contributed by atoms with van der Waals surface area (Å²) in [4.78, 5) is 4.30. The number of hydrogen-bond donors (Lipinski definition) is 3. The van der Waals surface area contributed by atoms with Crippen molar-refractivity contribution in [3.63, 3.8) is 0 Å². The van der Waals surface area contributed by atoms with Crippen LogP contribution in [0.3, 0.4) is 0 Å². The molecule has 4 N–H and O–H groups in total. The zero-order chi connectivity index (χ0) is 12.0. The molecule has 0 saturated carbocycles. The first-order valence-electron chi connectivity index (χ1n) is 5.52. The zero-order valence-corrected chi connectivity index (χ0v) is 10.2. The summed E-state index contributed by atoms with van der Waals surface area (Å²) in [6, 6.07) is 6.24. The Labute approximate surface area is 96.9 Å². The van der Waals surface area contributed by atoms with Crippen molar-refractivity contribution < 1.29 is 0 Å². The van der Waals surface area contributed by atoms with Gasteiger partial charge in [-0.15, -0.1) is 0 Å². The molecule has 0 aliphatic carbocycles. The lowest BCUT2D eigenvalue weighted by molar-refractivity contribution is 0.905. The summed E-state index contributed by atoms with van der Waals surface area (Å²) in [6.45, 7) is 6.95. The van der Waals surface area contributed by atoms with Crippen molar-refractivity contribution in [3.8, 4) is 0 Å². The van der Waals surface area contributed by atoms with Crippen LogP contribution in [-0.4, -0.2) is 12.5 Å². The van der Waals surface area contributed by atoms with Gasteiger partial charge in [0, 0.05) is 12.2 Å². The Morgan fingerprint density at radius 1 is 1.38 bits per heavy atom. The maximum Gasteiger partial charge on any atom is 0.210 e. The van der Waals surface area contributed by atoms with Crippen molar-refractivity contribution in [2.75, 3.05) is 11.9 Å². The first-order chi connectivity index (χ1) is 7.67. The average Bonchev–Trinajstić information content (AvgIpc) is 2.28.